The molecule has 3 rings (SSSR count). The summed E-state index contributed by atoms with van der Waals surface area (Å²) in [6.45, 7) is 6.03. The predicted molar refractivity (Wildman–Crippen MR) is 86.6 cm³/mol. The number of nitrogens with zero attached hydrogens (tertiary/aromatic N) is 2. The Morgan fingerprint density at radius 1 is 1.10 bits per heavy atom. The summed E-state index contributed by atoms with van der Waals surface area (Å²) in [5.41, 5.74) is 2.72. The molecule has 2 saturated heterocycles. The first-order chi connectivity index (χ1) is 9.83. The molecule has 0 saturated carbocycles. The van der Waals surface area contributed by atoms with Gasteiger partial charge in [-0.1, -0.05) is 12.1 Å². The van der Waals surface area contributed by atoms with Crippen molar-refractivity contribution in [3.05, 3.63) is 24.3 Å². The van der Waals surface area contributed by atoms with Crippen LogP contribution in [-0.2, 0) is 0 Å². The van der Waals surface area contributed by atoms with E-state index >= 15 is 0 Å². The van der Waals surface area contributed by atoms with Crippen LogP contribution in [0.5, 0.6) is 0 Å². The lowest BCUT2D eigenvalue weighted by atomic mass is 9.98. The fourth-order valence-electron chi connectivity index (χ4n) is 3.55. The maximum absolute atomic E-state index is 3.71. The summed E-state index contributed by atoms with van der Waals surface area (Å²) in [5.74, 6) is 0.792. The molecule has 0 radical (unpaired) electrons. The molecular formula is C17H27N3. The molecule has 3 nitrogen and oxygen atoms in total. The molecule has 1 atom stereocenters. The van der Waals surface area contributed by atoms with Crippen LogP contribution in [0.3, 0.4) is 0 Å². The molecule has 0 spiro atoms. The van der Waals surface area contributed by atoms with Gasteiger partial charge in [-0.25, -0.2) is 0 Å². The van der Waals surface area contributed by atoms with Crippen molar-refractivity contribution in [1.29, 1.82) is 0 Å². The lowest BCUT2D eigenvalue weighted by molar-refractivity contribution is 0.217. The number of para-hydroxylation sites is 2. The van der Waals surface area contributed by atoms with E-state index in [1.165, 1.54) is 63.2 Å². The second-order valence-electron chi connectivity index (χ2n) is 6.36. The van der Waals surface area contributed by atoms with E-state index in [2.05, 4.69) is 46.4 Å². The molecule has 0 bridgehead atoms. The van der Waals surface area contributed by atoms with Crippen molar-refractivity contribution < 1.29 is 0 Å². The number of anilines is 2. The molecule has 110 valence electrons. The minimum absolute atomic E-state index is 0.792. The van der Waals surface area contributed by atoms with E-state index in [0.717, 1.165) is 12.5 Å². The van der Waals surface area contributed by atoms with Gasteiger partial charge >= 0.3 is 0 Å². The summed E-state index contributed by atoms with van der Waals surface area (Å²) < 4.78 is 0. The monoisotopic (exact) mass is 273 g/mol. The van der Waals surface area contributed by atoms with Gasteiger partial charge in [0.2, 0.25) is 0 Å². The van der Waals surface area contributed by atoms with Gasteiger partial charge in [0.15, 0.2) is 0 Å². The minimum atomic E-state index is 0.792. The normalized spacial score (nSPS) is 24.1. The van der Waals surface area contributed by atoms with Crippen LogP contribution in [0, 0.1) is 5.92 Å². The zero-order valence-corrected chi connectivity index (χ0v) is 12.6. The molecule has 1 unspecified atom stereocenters. The van der Waals surface area contributed by atoms with Crippen molar-refractivity contribution in [2.24, 2.45) is 5.92 Å². The van der Waals surface area contributed by atoms with E-state index in [4.69, 9.17) is 0 Å². The molecule has 2 aliphatic heterocycles. The van der Waals surface area contributed by atoms with Crippen molar-refractivity contribution in [2.45, 2.75) is 25.7 Å². The van der Waals surface area contributed by atoms with E-state index in [9.17, 15) is 0 Å². The van der Waals surface area contributed by atoms with Crippen LogP contribution in [0.25, 0.3) is 0 Å². The van der Waals surface area contributed by atoms with Crippen LogP contribution in [-0.4, -0.2) is 44.7 Å². The second kappa shape index (κ2) is 6.49. The lowest BCUT2D eigenvalue weighted by Gasteiger charge is -2.30. The average Bonchev–Trinajstić information content (AvgIpc) is 3.00. The summed E-state index contributed by atoms with van der Waals surface area (Å²) in [5, 5.41) is 3.71. The van der Waals surface area contributed by atoms with E-state index < -0.39 is 0 Å². The molecule has 1 aromatic rings. The van der Waals surface area contributed by atoms with Crippen LogP contribution in [0.15, 0.2) is 24.3 Å². The topological polar surface area (TPSA) is 18.5 Å². The van der Waals surface area contributed by atoms with Gasteiger partial charge in [0.25, 0.3) is 0 Å². The van der Waals surface area contributed by atoms with Crippen LogP contribution in [0.4, 0.5) is 11.4 Å². The number of likely N-dealkylation sites (tertiary alicyclic amines) is 1. The van der Waals surface area contributed by atoms with Gasteiger partial charge in [0, 0.05) is 26.2 Å². The minimum Gasteiger partial charge on any atom is -0.383 e. The summed E-state index contributed by atoms with van der Waals surface area (Å²) in [7, 11) is 2.24. The number of hydrogen-bond acceptors (Lipinski definition) is 3. The first-order valence-electron chi connectivity index (χ1n) is 8.09. The maximum Gasteiger partial charge on any atom is 0.0602 e. The van der Waals surface area contributed by atoms with E-state index in [1.54, 1.807) is 0 Å². The Labute approximate surface area is 123 Å². The van der Waals surface area contributed by atoms with Crippen LogP contribution >= 0.6 is 0 Å². The summed E-state index contributed by atoms with van der Waals surface area (Å²) in [6.07, 6.45) is 5.38. The van der Waals surface area contributed by atoms with E-state index in [-0.39, 0.29) is 0 Å². The number of rotatable bonds is 4. The number of hydrogen-bond donors (Lipinski definition) is 1. The molecular weight excluding hydrogens is 246 g/mol. The number of nitrogens with one attached hydrogen (secondary N) is 1. The largest absolute Gasteiger partial charge is 0.383 e. The van der Waals surface area contributed by atoms with Crippen LogP contribution in [0.1, 0.15) is 25.7 Å². The van der Waals surface area contributed by atoms with Crippen molar-refractivity contribution in [3.63, 3.8) is 0 Å². The van der Waals surface area contributed by atoms with Gasteiger partial charge in [0.05, 0.1) is 11.4 Å². The number of benzene rings is 1. The fourth-order valence-corrected chi connectivity index (χ4v) is 3.55. The van der Waals surface area contributed by atoms with Crippen molar-refractivity contribution >= 4 is 11.4 Å². The molecule has 2 fully saturated rings. The predicted octanol–water partition coefficient (Wildman–Crippen LogP) is 3.04. The van der Waals surface area contributed by atoms with Crippen molar-refractivity contribution in [2.75, 3.05) is 50.0 Å². The molecule has 0 aliphatic carbocycles. The van der Waals surface area contributed by atoms with Crippen LogP contribution < -0.4 is 10.2 Å². The molecule has 0 amide bonds. The highest BCUT2D eigenvalue weighted by atomic mass is 15.2. The first-order valence-corrected chi connectivity index (χ1v) is 8.09. The lowest BCUT2D eigenvalue weighted by Crippen LogP contribution is -2.35. The SMILES string of the molecule is CN1CCCC(CNc2ccccc2N2CCCC2)C1. The molecule has 1 N–H and O–H groups in total. The molecule has 20 heavy (non-hydrogen) atoms. The third-order valence-electron chi connectivity index (χ3n) is 4.65. The highest BCUT2D eigenvalue weighted by Gasteiger charge is 2.19. The standard InChI is InChI=1S/C17H27N3/c1-19-10-6-7-15(14-19)13-18-16-8-2-3-9-17(16)20-11-4-5-12-20/h2-3,8-9,15,18H,4-7,10-14H2,1H3. The van der Waals surface area contributed by atoms with E-state index in [0.29, 0.717) is 0 Å². The zero-order chi connectivity index (χ0) is 13.8. The number of piperidine rings is 1. The van der Waals surface area contributed by atoms with Gasteiger partial charge in [0.1, 0.15) is 0 Å². The highest BCUT2D eigenvalue weighted by Crippen LogP contribution is 2.29. The van der Waals surface area contributed by atoms with Gasteiger partial charge < -0.3 is 15.1 Å². The zero-order valence-electron chi connectivity index (χ0n) is 12.6. The Morgan fingerprint density at radius 3 is 2.70 bits per heavy atom. The highest BCUT2D eigenvalue weighted by molar-refractivity contribution is 5.70. The summed E-state index contributed by atoms with van der Waals surface area (Å²) >= 11 is 0. The third kappa shape index (κ3) is 3.26. The van der Waals surface area contributed by atoms with E-state index in [1.807, 2.05) is 0 Å². The summed E-state index contributed by atoms with van der Waals surface area (Å²) in [6, 6.07) is 8.81. The van der Waals surface area contributed by atoms with Crippen LogP contribution in [0.2, 0.25) is 0 Å². The second-order valence-corrected chi connectivity index (χ2v) is 6.36. The summed E-state index contributed by atoms with van der Waals surface area (Å²) in [4.78, 5) is 4.98. The third-order valence-corrected chi connectivity index (χ3v) is 4.65. The molecule has 0 aromatic heterocycles. The molecule has 1 aromatic carbocycles. The Morgan fingerprint density at radius 2 is 1.90 bits per heavy atom. The van der Waals surface area contributed by atoms with Gasteiger partial charge in [-0.2, -0.15) is 0 Å². The first kappa shape index (κ1) is 13.7. The Kier molecular flexibility index (Phi) is 4.46. The maximum atomic E-state index is 3.71. The fraction of sp³-hybridized carbons (Fsp3) is 0.647. The molecule has 3 heteroatoms. The Balaban J connectivity index is 1.62. The van der Waals surface area contributed by atoms with Crippen molar-refractivity contribution in [1.82, 2.24) is 4.90 Å². The molecule has 2 heterocycles. The molecule has 2 aliphatic rings. The van der Waals surface area contributed by atoms with Crippen molar-refractivity contribution in [3.8, 4) is 0 Å². The Hall–Kier alpha value is -1.22. The Bertz CT molecular complexity index is 426. The van der Waals surface area contributed by atoms with Gasteiger partial charge in [-0.05, 0) is 57.3 Å². The van der Waals surface area contributed by atoms with Gasteiger partial charge in [-0.15, -0.1) is 0 Å². The average molecular weight is 273 g/mol. The smallest absolute Gasteiger partial charge is 0.0602 e. The quantitative estimate of drug-likeness (QED) is 0.909. The van der Waals surface area contributed by atoms with Gasteiger partial charge in [-0.3, -0.25) is 0 Å².